The minimum Gasteiger partial charge on any atom is -0.353 e. The van der Waals surface area contributed by atoms with Gasteiger partial charge in [-0.3, -0.25) is 0 Å². The summed E-state index contributed by atoms with van der Waals surface area (Å²) in [5.41, 5.74) is 6.60. The lowest BCUT2D eigenvalue weighted by Crippen LogP contribution is -2.53. The van der Waals surface area contributed by atoms with Crippen molar-refractivity contribution >= 4 is 11.8 Å². The number of nitrogens with two attached hydrogens (primary N) is 1. The summed E-state index contributed by atoms with van der Waals surface area (Å²) < 4.78 is 0. The Kier molecular flexibility index (Phi) is 4.79. The van der Waals surface area contributed by atoms with Crippen molar-refractivity contribution in [1.82, 2.24) is 15.2 Å². The smallest absolute Gasteiger partial charge is 0.317 e. The van der Waals surface area contributed by atoms with E-state index in [1.54, 1.807) is 0 Å². The second-order valence-corrected chi connectivity index (χ2v) is 5.31. The zero-order chi connectivity index (χ0) is 14.5. The highest BCUT2D eigenvalue weighted by atomic mass is 16.2. The summed E-state index contributed by atoms with van der Waals surface area (Å²) >= 11 is 0. The van der Waals surface area contributed by atoms with Crippen molar-refractivity contribution in [2.45, 2.75) is 26.4 Å². The normalized spacial score (nSPS) is 15.6. The molecule has 2 amide bonds. The molecule has 1 aliphatic rings. The van der Waals surface area contributed by atoms with E-state index in [4.69, 9.17) is 5.73 Å². The Bertz CT molecular complexity index is 437. The van der Waals surface area contributed by atoms with Crippen LogP contribution in [0.1, 0.15) is 19.4 Å². The molecule has 0 unspecified atom stereocenters. The van der Waals surface area contributed by atoms with Gasteiger partial charge in [0.15, 0.2) is 0 Å². The second kappa shape index (κ2) is 6.56. The number of nitrogens with zero attached hydrogens (tertiary/aromatic N) is 3. The average molecular weight is 277 g/mol. The van der Waals surface area contributed by atoms with Crippen LogP contribution in [0.25, 0.3) is 0 Å². The first-order chi connectivity index (χ1) is 9.60. The minimum atomic E-state index is 0.0195. The quantitative estimate of drug-likeness (QED) is 0.856. The first-order valence-electron chi connectivity index (χ1n) is 7.05. The number of hydrogen-bond donors (Lipinski definition) is 2. The number of urea groups is 1. The Labute approximate surface area is 120 Å². The van der Waals surface area contributed by atoms with Crippen molar-refractivity contribution < 1.29 is 4.79 Å². The minimum absolute atomic E-state index is 0.0195. The molecule has 0 aliphatic carbocycles. The van der Waals surface area contributed by atoms with Crippen LogP contribution >= 0.6 is 0 Å². The Morgan fingerprint density at radius 1 is 1.35 bits per heavy atom. The highest BCUT2D eigenvalue weighted by Gasteiger charge is 2.21. The first-order valence-corrected chi connectivity index (χ1v) is 7.05. The van der Waals surface area contributed by atoms with E-state index in [9.17, 15) is 4.79 Å². The van der Waals surface area contributed by atoms with Crippen molar-refractivity contribution in [3.05, 3.63) is 23.9 Å². The van der Waals surface area contributed by atoms with Gasteiger partial charge < -0.3 is 20.9 Å². The Morgan fingerprint density at radius 2 is 2.05 bits per heavy atom. The molecule has 0 atom stereocenters. The van der Waals surface area contributed by atoms with E-state index >= 15 is 0 Å². The number of carbonyl (C=O) groups is 1. The van der Waals surface area contributed by atoms with E-state index in [1.807, 2.05) is 37.1 Å². The van der Waals surface area contributed by atoms with E-state index in [0.717, 1.165) is 37.6 Å². The number of pyridine rings is 1. The van der Waals surface area contributed by atoms with Gasteiger partial charge >= 0.3 is 6.03 Å². The maximum absolute atomic E-state index is 11.9. The van der Waals surface area contributed by atoms with Gasteiger partial charge in [0.2, 0.25) is 0 Å². The predicted octanol–water partition coefficient (Wildman–Crippen LogP) is 0.780. The Hall–Kier alpha value is -1.82. The van der Waals surface area contributed by atoms with Crippen LogP contribution in [0.4, 0.5) is 10.6 Å². The SMILES string of the molecule is CC(C)NC(=O)N1CCN(c2ccc(CN)cn2)CC1. The van der Waals surface area contributed by atoms with Gasteiger partial charge in [0.25, 0.3) is 0 Å². The summed E-state index contributed by atoms with van der Waals surface area (Å²) in [6, 6.07) is 4.18. The monoisotopic (exact) mass is 277 g/mol. The van der Waals surface area contributed by atoms with E-state index < -0.39 is 0 Å². The summed E-state index contributed by atoms with van der Waals surface area (Å²) in [7, 11) is 0. The highest BCUT2D eigenvalue weighted by molar-refractivity contribution is 5.74. The lowest BCUT2D eigenvalue weighted by atomic mass is 10.2. The van der Waals surface area contributed by atoms with Gasteiger partial charge in [-0.25, -0.2) is 9.78 Å². The molecule has 1 saturated heterocycles. The number of nitrogens with one attached hydrogen (secondary N) is 1. The topological polar surface area (TPSA) is 74.5 Å². The van der Waals surface area contributed by atoms with E-state index in [-0.39, 0.29) is 12.1 Å². The van der Waals surface area contributed by atoms with Crippen LogP contribution in [0.3, 0.4) is 0 Å². The molecule has 6 heteroatoms. The first kappa shape index (κ1) is 14.6. The van der Waals surface area contributed by atoms with Crippen LogP contribution in [-0.2, 0) is 6.54 Å². The molecule has 1 aromatic rings. The molecule has 20 heavy (non-hydrogen) atoms. The summed E-state index contributed by atoms with van der Waals surface area (Å²) in [6.45, 7) is 7.50. The molecule has 3 N–H and O–H groups in total. The van der Waals surface area contributed by atoms with Gasteiger partial charge in [0.05, 0.1) is 0 Å². The van der Waals surface area contributed by atoms with E-state index in [1.165, 1.54) is 0 Å². The second-order valence-electron chi connectivity index (χ2n) is 5.31. The molecule has 2 rings (SSSR count). The van der Waals surface area contributed by atoms with E-state index in [0.29, 0.717) is 6.54 Å². The van der Waals surface area contributed by atoms with Crippen molar-refractivity contribution in [3.63, 3.8) is 0 Å². The van der Waals surface area contributed by atoms with Crippen molar-refractivity contribution in [1.29, 1.82) is 0 Å². The lowest BCUT2D eigenvalue weighted by Gasteiger charge is -2.35. The summed E-state index contributed by atoms with van der Waals surface area (Å²) in [5.74, 6) is 0.950. The fourth-order valence-corrected chi connectivity index (χ4v) is 2.20. The third-order valence-electron chi connectivity index (χ3n) is 3.35. The third-order valence-corrected chi connectivity index (χ3v) is 3.35. The molecular formula is C14H23N5O. The summed E-state index contributed by atoms with van der Waals surface area (Å²) in [4.78, 5) is 20.4. The number of anilines is 1. The molecule has 2 heterocycles. The molecule has 1 aliphatic heterocycles. The molecule has 0 aromatic carbocycles. The Morgan fingerprint density at radius 3 is 2.55 bits per heavy atom. The van der Waals surface area contributed by atoms with Crippen molar-refractivity contribution in [2.24, 2.45) is 5.73 Å². The van der Waals surface area contributed by atoms with Crippen LogP contribution in [0.5, 0.6) is 0 Å². The number of piperazine rings is 1. The Balaban J connectivity index is 1.88. The van der Waals surface area contributed by atoms with Gasteiger partial charge in [-0.05, 0) is 25.5 Å². The van der Waals surface area contributed by atoms with E-state index in [2.05, 4.69) is 15.2 Å². The number of carbonyl (C=O) groups excluding carboxylic acids is 1. The molecule has 0 spiro atoms. The van der Waals surface area contributed by atoms with Crippen LogP contribution < -0.4 is 16.0 Å². The zero-order valence-electron chi connectivity index (χ0n) is 12.2. The third kappa shape index (κ3) is 3.60. The zero-order valence-corrected chi connectivity index (χ0v) is 12.2. The van der Waals surface area contributed by atoms with Crippen LogP contribution in [-0.4, -0.2) is 48.1 Å². The standard InChI is InChI=1S/C14H23N5O/c1-11(2)17-14(20)19-7-5-18(6-8-19)13-4-3-12(9-15)10-16-13/h3-4,10-11H,5-9,15H2,1-2H3,(H,17,20). The number of amides is 2. The van der Waals surface area contributed by atoms with Crippen molar-refractivity contribution in [2.75, 3.05) is 31.1 Å². The number of aromatic nitrogens is 1. The lowest BCUT2D eigenvalue weighted by molar-refractivity contribution is 0.191. The van der Waals surface area contributed by atoms with Crippen LogP contribution in [0.2, 0.25) is 0 Å². The summed E-state index contributed by atoms with van der Waals surface area (Å²) in [5, 5.41) is 2.92. The van der Waals surface area contributed by atoms with Gasteiger partial charge in [-0.15, -0.1) is 0 Å². The van der Waals surface area contributed by atoms with Gasteiger partial charge in [-0.2, -0.15) is 0 Å². The number of rotatable bonds is 3. The fraction of sp³-hybridized carbons (Fsp3) is 0.571. The molecule has 6 nitrogen and oxygen atoms in total. The van der Waals surface area contributed by atoms with Gasteiger partial charge in [0.1, 0.15) is 5.82 Å². The molecule has 110 valence electrons. The molecule has 1 fully saturated rings. The average Bonchev–Trinajstić information content (AvgIpc) is 2.47. The largest absolute Gasteiger partial charge is 0.353 e. The predicted molar refractivity (Wildman–Crippen MR) is 79.6 cm³/mol. The molecule has 1 aromatic heterocycles. The number of hydrogen-bond acceptors (Lipinski definition) is 4. The molecule has 0 radical (unpaired) electrons. The van der Waals surface area contributed by atoms with Crippen LogP contribution in [0, 0.1) is 0 Å². The molecule has 0 bridgehead atoms. The van der Waals surface area contributed by atoms with Gasteiger partial charge in [-0.1, -0.05) is 6.07 Å². The fourth-order valence-electron chi connectivity index (χ4n) is 2.20. The van der Waals surface area contributed by atoms with Crippen molar-refractivity contribution in [3.8, 4) is 0 Å². The molecule has 0 saturated carbocycles. The highest BCUT2D eigenvalue weighted by Crippen LogP contribution is 2.14. The maximum atomic E-state index is 11.9. The van der Waals surface area contributed by atoms with Gasteiger partial charge in [0, 0.05) is 45.0 Å². The molecular weight excluding hydrogens is 254 g/mol. The summed E-state index contributed by atoms with van der Waals surface area (Å²) in [6.07, 6.45) is 1.81. The maximum Gasteiger partial charge on any atom is 0.317 e. The van der Waals surface area contributed by atoms with Crippen LogP contribution in [0.15, 0.2) is 18.3 Å².